The molecule has 172 valence electrons. The highest BCUT2D eigenvalue weighted by Gasteiger charge is 2.51. The third kappa shape index (κ3) is 4.18. The number of piperidine rings is 1. The van der Waals surface area contributed by atoms with Crippen molar-refractivity contribution >= 4 is 10.0 Å². The minimum absolute atomic E-state index is 0.0907. The van der Waals surface area contributed by atoms with Crippen molar-refractivity contribution in [3.05, 3.63) is 59.2 Å². The normalized spacial score (nSPS) is 27.8. The zero-order valence-electron chi connectivity index (χ0n) is 18.2. The molecule has 1 aliphatic heterocycles. The summed E-state index contributed by atoms with van der Waals surface area (Å²) in [6.45, 7) is 2.86. The van der Waals surface area contributed by atoms with Crippen LogP contribution in [0.5, 0.6) is 5.75 Å². The van der Waals surface area contributed by atoms with Gasteiger partial charge in [-0.1, -0.05) is 18.2 Å². The van der Waals surface area contributed by atoms with E-state index in [9.17, 15) is 13.5 Å². The SMILES string of the molecule is N[C@]12CCN(CC3CC3)[C@H](Cc3ccc(O)cc31)[C@H]2NCCc1ccc(S(N)(=O)=O)cc1. The van der Waals surface area contributed by atoms with Gasteiger partial charge in [0.2, 0.25) is 10.0 Å². The summed E-state index contributed by atoms with van der Waals surface area (Å²) in [4.78, 5) is 2.75. The monoisotopic (exact) mass is 456 g/mol. The van der Waals surface area contributed by atoms with E-state index in [1.807, 2.05) is 24.3 Å². The van der Waals surface area contributed by atoms with Gasteiger partial charge in [-0.05, 0) is 85.5 Å². The maximum atomic E-state index is 11.5. The highest BCUT2D eigenvalue weighted by molar-refractivity contribution is 7.89. The van der Waals surface area contributed by atoms with Crippen LogP contribution in [0.15, 0.2) is 47.4 Å². The molecule has 1 heterocycles. The van der Waals surface area contributed by atoms with Crippen LogP contribution in [0.3, 0.4) is 0 Å². The molecule has 0 radical (unpaired) electrons. The Hall–Kier alpha value is -1.97. The topological polar surface area (TPSA) is 122 Å². The van der Waals surface area contributed by atoms with Gasteiger partial charge in [-0.3, -0.25) is 4.90 Å². The van der Waals surface area contributed by atoms with Crippen molar-refractivity contribution in [1.29, 1.82) is 0 Å². The molecule has 2 aromatic carbocycles. The number of phenols is 1. The molecule has 0 amide bonds. The van der Waals surface area contributed by atoms with E-state index in [1.165, 1.54) is 18.4 Å². The average molecular weight is 457 g/mol. The molecule has 8 heteroatoms. The van der Waals surface area contributed by atoms with Crippen LogP contribution in [0.4, 0.5) is 0 Å². The summed E-state index contributed by atoms with van der Waals surface area (Å²) in [5.41, 5.74) is 9.93. The average Bonchev–Trinajstić information content (AvgIpc) is 3.56. The number of hydrogen-bond acceptors (Lipinski definition) is 6. The third-order valence-electron chi connectivity index (χ3n) is 7.46. The summed E-state index contributed by atoms with van der Waals surface area (Å²) >= 11 is 0. The van der Waals surface area contributed by atoms with E-state index in [0.29, 0.717) is 6.04 Å². The number of hydrogen-bond donors (Lipinski definition) is 4. The first-order chi connectivity index (χ1) is 15.2. The molecule has 3 atom stereocenters. The Kier molecular flexibility index (Phi) is 5.54. The third-order valence-corrected chi connectivity index (χ3v) is 8.39. The number of rotatable bonds is 7. The minimum Gasteiger partial charge on any atom is -0.508 e. The number of nitrogens with one attached hydrogen (secondary N) is 1. The van der Waals surface area contributed by atoms with Crippen LogP contribution in [0.2, 0.25) is 0 Å². The summed E-state index contributed by atoms with van der Waals surface area (Å²) in [6.07, 6.45) is 5.21. The smallest absolute Gasteiger partial charge is 0.238 e. The first-order valence-electron chi connectivity index (χ1n) is 11.4. The summed E-state index contributed by atoms with van der Waals surface area (Å²) < 4.78 is 23.0. The van der Waals surface area contributed by atoms with Crippen molar-refractivity contribution in [2.75, 3.05) is 19.6 Å². The van der Waals surface area contributed by atoms with E-state index in [1.54, 1.807) is 18.2 Å². The highest BCUT2D eigenvalue weighted by Crippen LogP contribution is 2.44. The zero-order chi connectivity index (χ0) is 22.5. The number of nitrogens with two attached hydrogens (primary N) is 2. The molecule has 6 N–H and O–H groups in total. The number of nitrogens with zero attached hydrogens (tertiary/aromatic N) is 1. The Morgan fingerprint density at radius 1 is 1.16 bits per heavy atom. The lowest BCUT2D eigenvalue weighted by Gasteiger charge is -2.55. The standard InChI is InChI=1S/C24H32N4O3S/c25-24-10-12-28(15-17-1-2-17)22(13-18-5-6-19(29)14-21(18)24)23(24)27-11-9-16-3-7-20(8-4-16)32(26,30)31/h3-8,14,17,22-23,27,29H,1-2,9-13,15,25H2,(H2,26,30,31)/t22-,23-,24-/m1/s1. The number of sulfonamides is 1. The molecule has 2 fully saturated rings. The van der Waals surface area contributed by atoms with E-state index in [0.717, 1.165) is 55.9 Å². The first-order valence-corrected chi connectivity index (χ1v) is 13.0. The molecule has 3 aliphatic rings. The number of likely N-dealkylation sites (tertiary alicyclic amines) is 1. The van der Waals surface area contributed by atoms with E-state index >= 15 is 0 Å². The van der Waals surface area contributed by atoms with Gasteiger partial charge in [0, 0.05) is 25.2 Å². The second-order valence-electron chi connectivity index (χ2n) is 9.71. The maximum Gasteiger partial charge on any atom is 0.238 e. The lowest BCUT2D eigenvalue weighted by Crippen LogP contribution is -2.71. The number of primary sulfonamides is 1. The van der Waals surface area contributed by atoms with Crippen LogP contribution < -0.4 is 16.2 Å². The molecule has 5 rings (SSSR count). The largest absolute Gasteiger partial charge is 0.508 e. The Bertz CT molecular complexity index is 1100. The lowest BCUT2D eigenvalue weighted by atomic mass is 9.66. The molecule has 1 saturated carbocycles. The molecule has 7 nitrogen and oxygen atoms in total. The van der Waals surface area contributed by atoms with Crippen LogP contribution in [-0.2, 0) is 28.4 Å². The minimum atomic E-state index is -3.68. The van der Waals surface area contributed by atoms with E-state index in [-0.39, 0.29) is 16.7 Å². The molecule has 2 aromatic rings. The molecule has 0 aromatic heterocycles. The van der Waals surface area contributed by atoms with Gasteiger partial charge in [0.1, 0.15) is 5.75 Å². The summed E-state index contributed by atoms with van der Waals surface area (Å²) in [7, 11) is -3.68. The maximum absolute atomic E-state index is 11.5. The van der Waals surface area contributed by atoms with E-state index in [2.05, 4.69) is 10.2 Å². The van der Waals surface area contributed by atoms with Gasteiger partial charge in [0.15, 0.2) is 0 Å². The van der Waals surface area contributed by atoms with Gasteiger partial charge >= 0.3 is 0 Å². The van der Waals surface area contributed by atoms with Crippen molar-refractivity contribution in [2.45, 2.75) is 54.6 Å². The molecule has 0 spiro atoms. The van der Waals surface area contributed by atoms with Crippen molar-refractivity contribution in [3.63, 3.8) is 0 Å². The highest BCUT2D eigenvalue weighted by atomic mass is 32.2. The van der Waals surface area contributed by atoms with Crippen LogP contribution in [-0.4, -0.2) is 50.1 Å². The van der Waals surface area contributed by atoms with Crippen molar-refractivity contribution in [2.24, 2.45) is 16.8 Å². The molecule has 1 saturated heterocycles. The Balaban J connectivity index is 1.35. The fraction of sp³-hybridized carbons (Fsp3) is 0.500. The van der Waals surface area contributed by atoms with Crippen molar-refractivity contribution in [3.8, 4) is 5.75 Å². The predicted molar refractivity (Wildman–Crippen MR) is 124 cm³/mol. The van der Waals surface area contributed by atoms with Gasteiger partial charge in [0.05, 0.1) is 10.4 Å². The molecule has 2 bridgehead atoms. The Labute approximate surface area is 189 Å². The van der Waals surface area contributed by atoms with Gasteiger partial charge in [-0.25, -0.2) is 13.6 Å². The van der Waals surface area contributed by atoms with E-state index < -0.39 is 15.6 Å². The predicted octanol–water partition coefficient (Wildman–Crippen LogP) is 1.43. The first kappa shape index (κ1) is 21.9. The summed E-state index contributed by atoms with van der Waals surface area (Å²) in [5, 5.41) is 19.1. The van der Waals surface area contributed by atoms with Crippen LogP contribution >= 0.6 is 0 Å². The molecule has 2 aliphatic carbocycles. The number of benzene rings is 2. The number of fused-ring (bicyclic) bond motifs is 4. The zero-order valence-corrected chi connectivity index (χ0v) is 19.0. The fourth-order valence-corrected chi connectivity index (χ4v) is 6.06. The van der Waals surface area contributed by atoms with Crippen LogP contribution in [0.1, 0.15) is 36.0 Å². The number of phenolic OH excluding ortho intramolecular Hbond substituents is 1. The van der Waals surface area contributed by atoms with Crippen molar-refractivity contribution in [1.82, 2.24) is 10.2 Å². The lowest BCUT2D eigenvalue weighted by molar-refractivity contribution is 0.0378. The summed E-state index contributed by atoms with van der Waals surface area (Å²) in [6, 6.07) is 12.8. The van der Waals surface area contributed by atoms with Gasteiger partial charge in [-0.15, -0.1) is 0 Å². The quantitative estimate of drug-likeness (QED) is 0.500. The molecular formula is C24H32N4O3S. The van der Waals surface area contributed by atoms with E-state index in [4.69, 9.17) is 10.9 Å². The second kappa shape index (κ2) is 8.11. The molecule has 32 heavy (non-hydrogen) atoms. The van der Waals surface area contributed by atoms with Gasteiger partial charge in [0.25, 0.3) is 0 Å². The summed E-state index contributed by atoms with van der Waals surface area (Å²) in [5.74, 6) is 1.08. The number of aromatic hydroxyl groups is 1. The molecule has 0 unspecified atom stereocenters. The van der Waals surface area contributed by atoms with Crippen LogP contribution in [0, 0.1) is 5.92 Å². The van der Waals surface area contributed by atoms with Gasteiger partial charge < -0.3 is 16.2 Å². The second-order valence-corrected chi connectivity index (χ2v) is 11.3. The fourth-order valence-electron chi connectivity index (χ4n) is 5.55. The molecular weight excluding hydrogens is 424 g/mol. The van der Waals surface area contributed by atoms with Gasteiger partial charge in [-0.2, -0.15) is 0 Å². The Morgan fingerprint density at radius 3 is 2.59 bits per heavy atom. The Morgan fingerprint density at radius 2 is 1.91 bits per heavy atom. The van der Waals surface area contributed by atoms with Crippen LogP contribution in [0.25, 0.3) is 0 Å². The van der Waals surface area contributed by atoms with Crippen molar-refractivity contribution < 1.29 is 13.5 Å².